The fourth-order valence-corrected chi connectivity index (χ4v) is 2.24. The number of amides is 1. The van der Waals surface area contributed by atoms with Crippen LogP contribution in [0.5, 0.6) is 0 Å². The molecule has 7 heteroatoms. The molecule has 0 radical (unpaired) electrons. The summed E-state index contributed by atoms with van der Waals surface area (Å²) in [6.45, 7) is 0. The lowest BCUT2D eigenvalue weighted by Crippen LogP contribution is -2.13. The zero-order valence-corrected chi connectivity index (χ0v) is 10.5. The number of anilines is 1. The summed E-state index contributed by atoms with van der Waals surface area (Å²) < 4.78 is 0.491. The number of rotatable bonds is 3. The molecule has 2 aromatic rings. The molecule has 0 saturated carbocycles. The Morgan fingerprint density at radius 3 is 2.72 bits per heavy atom. The Kier molecular flexibility index (Phi) is 3.59. The molecule has 0 spiro atoms. The summed E-state index contributed by atoms with van der Waals surface area (Å²) >= 11 is 6.84. The Bertz CT molecular complexity index is 612. The molecule has 0 fully saturated rings. The maximum absolute atomic E-state index is 11.8. The molecule has 0 saturated heterocycles. The smallest absolute Gasteiger partial charge is 0.337 e. The van der Waals surface area contributed by atoms with E-state index in [1.807, 2.05) is 0 Å². The van der Waals surface area contributed by atoms with Crippen LogP contribution in [0.3, 0.4) is 0 Å². The Morgan fingerprint density at radius 2 is 2.11 bits per heavy atom. The van der Waals surface area contributed by atoms with Crippen LogP contribution < -0.4 is 5.32 Å². The summed E-state index contributed by atoms with van der Waals surface area (Å²) in [6, 6.07) is 4.49. The first kappa shape index (κ1) is 12.5. The second-order valence-corrected chi connectivity index (χ2v) is 5.00. The third-order valence-electron chi connectivity index (χ3n) is 2.10. The van der Waals surface area contributed by atoms with Crippen molar-refractivity contribution in [2.45, 2.75) is 0 Å². The molecule has 18 heavy (non-hydrogen) atoms. The van der Waals surface area contributed by atoms with Gasteiger partial charge in [0, 0.05) is 6.20 Å². The molecule has 0 aliphatic rings. The predicted molar refractivity (Wildman–Crippen MR) is 68.5 cm³/mol. The Labute approximate surface area is 111 Å². The third kappa shape index (κ3) is 2.66. The van der Waals surface area contributed by atoms with Crippen molar-refractivity contribution in [1.82, 2.24) is 4.98 Å². The van der Waals surface area contributed by atoms with Crippen LogP contribution in [-0.2, 0) is 0 Å². The molecule has 5 nitrogen and oxygen atoms in total. The summed E-state index contributed by atoms with van der Waals surface area (Å²) in [6.07, 6.45) is 2.64. The van der Waals surface area contributed by atoms with Crippen LogP contribution in [0.4, 0.5) is 5.69 Å². The minimum absolute atomic E-state index is 0.0130. The van der Waals surface area contributed by atoms with E-state index < -0.39 is 11.9 Å². The van der Waals surface area contributed by atoms with Gasteiger partial charge >= 0.3 is 5.97 Å². The van der Waals surface area contributed by atoms with E-state index in [0.717, 1.165) is 11.3 Å². The van der Waals surface area contributed by atoms with E-state index in [4.69, 9.17) is 16.7 Å². The number of carboxylic acid groups (broad SMARTS) is 1. The van der Waals surface area contributed by atoms with Crippen molar-refractivity contribution >= 4 is 40.5 Å². The number of halogens is 1. The molecule has 1 amide bonds. The monoisotopic (exact) mass is 282 g/mol. The molecule has 0 atom stereocenters. The van der Waals surface area contributed by atoms with Gasteiger partial charge in [-0.3, -0.25) is 9.78 Å². The number of carbonyl (C=O) groups is 2. The number of hydrogen-bond acceptors (Lipinski definition) is 4. The topological polar surface area (TPSA) is 79.3 Å². The SMILES string of the molecule is O=C(Nc1cnccc1C(=O)O)c1ccc(Cl)s1. The van der Waals surface area contributed by atoms with Crippen LogP contribution >= 0.6 is 22.9 Å². The second-order valence-electron chi connectivity index (χ2n) is 3.28. The van der Waals surface area contributed by atoms with Gasteiger partial charge < -0.3 is 10.4 Å². The highest BCUT2D eigenvalue weighted by Crippen LogP contribution is 2.23. The lowest BCUT2D eigenvalue weighted by molar-refractivity contribution is 0.0698. The van der Waals surface area contributed by atoms with Crippen LogP contribution in [0.15, 0.2) is 30.6 Å². The highest BCUT2D eigenvalue weighted by Gasteiger charge is 2.14. The number of nitrogens with one attached hydrogen (secondary N) is 1. The predicted octanol–water partition coefficient (Wildman–Crippen LogP) is 2.75. The van der Waals surface area contributed by atoms with Gasteiger partial charge in [-0.05, 0) is 18.2 Å². The highest BCUT2D eigenvalue weighted by molar-refractivity contribution is 7.18. The number of nitrogens with zero attached hydrogens (tertiary/aromatic N) is 1. The average Bonchev–Trinajstić information content (AvgIpc) is 2.76. The van der Waals surface area contributed by atoms with E-state index in [9.17, 15) is 9.59 Å². The minimum atomic E-state index is -1.13. The van der Waals surface area contributed by atoms with E-state index in [1.165, 1.54) is 18.5 Å². The van der Waals surface area contributed by atoms with E-state index >= 15 is 0 Å². The number of thiophene rings is 1. The molecule has 0 aromatic carbocycles. The zero-order valence-electron chi connectivity index (χ0n) is 8.88. The largest absolute Gasteiger partial charge is 0.478 e. The number of aromatic carboxylic acids is 1. The van der Waals surface area contributed by atoms with Gasteiger partial charge in [-0.15, -0.1) is 11.3 Å². The first-order chi connectivity index (χ1) is 8.58. The molecule has 92 valence electrons. The van der Waals surface area contributed by atoms with Crippen molar-refractivity contribution < 1.29 is 14.7 Å². The van der Waals surface area contributed by atoms with Crippen LogP contribution in [0.1, 0.15) is 20.0 Å². The second kappa shape index (κ2) is 5.16. The van der Waals surface area contributed by atoms with Gasteiger partial charge in [-0.1, -0.05) is 11.6 Å². The molecule has 2 heterocycles. The minimum Gasteiger partial charge on any atom is -0.478 e. The average molecular weight is 283 g/mol. The lowest BCUT2D eigenvalue weighted by atomic mass is 10.2. The van der Waals surface area contributed by atoms with Gasteiger partial charge in [-0.25, -0.2) is 4.79 Å². The fraction of sp³-hybridized carbons (Fsp3) is 0. The van der Waals surface area contributed by atoms with Crippen molar-refractivity contribution in [2.75, 3.05) is 5.32 Å². The molecule has 0 aliphatic heterocycles. The molecule has 2 N–H and O–H groups in total. The van der Waals surface area contributed by atoms with Crippen molar-refractivity contribution in [3.05, 3.63) is 45.4 Å². The standard InChI is InChI=1S/C11H7ClN2O3S/c12-9-2-1-8(18-9)10(15)14-7-5-13-4-3-6(7)11(16)17/h1-5H,(H,14,15)(H,16,17). The maximum Gasteiger partial charge on any atom is 0.337 e. The van der Waals surface area contributed by atoms with Crippen molar-refractivity contribution in [2.24, 2.45) is 0 Å². The molecule has 2 aromatic heterocycles. The summed E-state index contributed by atoms with van der Waals surface area (Å²) in [5, 5.41) is 11.4. The Balaban J connectivity index is 2.24. The number of hydrogen-bond donors (Lipinski definition) is 2. The third-order valence-corrected chi connectivity index (χ3v) is 3.33. The lowest BCUT2D eigenvalue weighted by Gasteiger charge is -2.06. The van der Waals surface area contributed by atoms with Gasteiger partial charge in [0.1, 0.15) is 0 Å². The van der Waals surface area contributed by atoms with Crippen LogP contribution in [0, 0.1) is 0 Å². The van der Waals surface area contributed by atoms with Crippen molar-refractivity contribution in [1.29, 1.82) is 0 Å². The first-order valence-electron chi connectivity index (χ1n) is 4.82. The summed E-state index contributed by atoms with van der Waals surface area (Å²) in [4.78, 5) is 27.0. The molecule has 0 aliphatic carbocycles. The van der Waals surface area contributed by atoms with Gasteiger partial charge in [0.15, 0.2) is 0 Å². The van der Waals surface area contributed by atoms with Crippen LogP contribution in [-0.4, -0.2) is 22.0 Å². The zero-order chi connectivity index (χ0) is 13.1. The van der Waals surface area contributed by atoms with Crippen LogP contribution in [0.2, 0.25) is 4.34 Å². The number of pyridine rings is 1. The van der Waals surface area contributed by atoms with Gasteiger partial charge in [0.05, 0.1) is 26.7 Å². The summed E-state index contributed by atoms with van der Waals surface area (Å²) in [5.41, 5.74) is 0.139. The molecule has 0 bridgehead atoms. The Hall–Kier alpha value is -1.92. The van der Waals surface area contributed by atoms with E-state index in [2.05, 4.69) is 10.3 Å². The number of carboxylic acids is 1. The van der Waals surface area contributed by atoms with Gasteiger partial charge in [-0.2, -0.15) is 0 Å². The van der Waals surface area contributed by atoms with Gasteiger partial charge in [0.25, 0.3) is 5.91 Å². The van der Waals surface area contributed by atoms with E-state index in [1.54, 1.807) is 12.1 Å². The molecular formula is C11H7ClN2O3S. The summed E-state index contributed by atoms with van der Waals surface area (Å²) in [7, 11) is 0. The number of aromatic nitrogens is 1. The normalized spacial score (nSPS) is 10.1. The Morgan fingerprint density at radius 1 is 1.33 bits per heavy atom. The van der Waals surface area contributed by atoms with Crippen molar-refractivity contribution in [3.8, 4) is 0 Å². The quantitative estimate of drug-likeness (QED) is 0.907. The highest BCUT2D eigenvalue weighted by atomic mass is 35.5. The maximum atomic E-state index is 11.8. The first-order valence-corrected chi connectivity index (χ1v) is 6.01. The van der Waals surface area contributed by atoms with Crippen molar-refractivity contribution in [3.63, 3.8) is 0 Å². The molecule has 2 rings (SSSR count). The van der Waals surface area contributed by atoms with Crippen LogP contribution in [0.25, 0.3) is 0 Å². The summed E-state index contributed by atoms with van der Waals surface area (Å²) in [5.74, 6) is -1.54. The van der Waals surface area contributed by atoms with Gasteiger partial charge in [0.2, 0.25) is 0 Å². The van der Waals surface area contributed by atoms with E-state index in [0.29, 0.717) is 9.21 Å². The van der Waals surface area contributed by atoms with E-state index in [-0.39, 0.29) is 11.3 Å². The molecular weight excluding hydrogens is 276 g/mol. The number of carbonyl (C=O) groups excluding carboxylic acids is 1. The molecule has 0 unspecified atom stereocenters. The fourth-order valence-electron chi connectivity index (χ4n) is 1.30.